The van der Waals surface area contributed by atoms with Crippen LogP contribution >= 0.6 is 0 Å². The lowest BCUT2D eigenvalue weighted by atomic mass is 10.0. The monoisotopic (exact) mass is 1050 g/mol. The summed E-state index contributed by atoms with van der Waals surface area (Å²) in [5, 5.41) is 9.67. The van der Waals surface area contributed by atoms with Crippen LogP contribution in [0.4, 0.5) is 0 Å². The molecule has 5 nitrogen and oxygen atoms in total. The Labute approximate surface area is 471 Å². The van der Waals surface area contributed by atoms with Gasteiger partial charge in [0.05, 0.1) is 6.61 Å². The minimum Gasteiger partial charge on any atom is -0.462 e. The molecular weight excluding hydrogens is 933 g/mol. The molecule has 1 atom stereocenters. The molecule has 0 aromatic carbocycles. The molecule has 1 unspecified atom stereocenters. The summed E-state index contributed by atoms with van der Waals surface area (Å²) in [5.74, 6) is -0.615. The lowest BCUT2D eigenvalue weighted by Gasteiger charge is -2.15. The molecule has 0 fully saturated rings. The highest BCUT2D eigenvalue weighted by molar-refractivity contribution is 5.70. The zero-order valence-corrected chi connectivity index (χ0v) is 50.0. The molecule has 0 amide bonds. The van der Waals surface area contributed by atoms with E-state index in [0.717, 1.165) is 103 Å². The van der Waals surface area contributed by atoms with E-state index in [9.17, 15) is 14.7 Å². The highest BCUT2D eigenvalue weighted by Gasteiger charge is 2.16. The smallest absolute Gasteiger partial charge is 0.306 e. The van der Waals surface area contributed by atoms with E-state index in [4.69, 9.17) is 9.47 Å². The normalized spacial score (nSPS) is 12.9. The van der Waals surface area contributed by atoms with Gasteiger partial charge in [-0.05, 0) is 103 Å². The second kappa shape index (κ2) is 65.8. The SMILES string of the molecule is CC/C=C\C/C=C\C/C=C\C/C=C\C/C=C\C/C=C\CCCCCCC(=O)OC(CO)COC(=O)CCCCCCCCCCCCCCCCCCCCCCCCCC/C=C\C/C=C\C/C=C\CCCCCCC. The van der Waals surface area contributed by atoms with Gasteiger partial charge in [0.2, 0.25) is 0 Å². The maximum Gasteiger partial charge on any atom is 0.306 e. The molecule has 0 spiro atoms. The molecule has 0 aliphatic heterocycles. The van der Waals surface area contributed by atoms with Crippen LogP contribution in [-0.2, 0) is 19.1 Å². The Kier molecular flexibility index (Phi) is 62.9. The van der Waals surface area contributed by atoms with Crippen LogP contribution < -0.4 is 0 Å². The molecule has 0 heterocycles. The molecule has 76 heavy (non-hydrogen) atoms. The van der Waals surface area contributed by atoms with Crippen LogP contribution in [0.2, 0.25) is 0 Å². The van der Waals surface area contributed by atoms with E-state index in [2.05, 4.69) is 123 Å². The van der Waals surface area contributed by atoms with Crippen LogP contribution in [0.1, 0.15) is 309 Å². The van der Waals surface area contributed by atoms with Crippen molar-refractivity contribution < 1.29 is 24.2 Å². The van der Waals surface area contributed by atoms with Gasteiger partial charge in [0.25, 0.3) is 0 Å². The highest BCUT2D eigenvalue weighted by Crippen LogP contribution is 2.17. The van der Waals surface area contributed by atoms with Crippen molar-refractivity contribution in [1.29, 1.82) is 0 Å². The number of unbranched alkanes of at least 4 members (excludes halogenated alkanes) is 33. The number of ether oxygens (including phenoxy) is 2. The van der Waals surface area contributed by atoms with Crippen LogP contribution in [0.15, 0.2) is 109 Å². The molecule has 0 aromatic rings. The van der Waals surface area contributed by atoms with Crippen LogP contribution in [0.25, 0.3) is 0 Å². The summed E-state index contributed by atoms with van der Waals surface area (Å²) in [6.45, 7) is 4.01. The number of carbonyl (C=O) groups is 2. The Morgan fingerprint density at radius 3 is 0.855 bits per heavy atom. The number of allylic oxidation sites excluding steroid dienone is 18. The summed E-state index contributed by atoms with van der Waals surface area (Å²) in [6.07, 6.45) is 95.3. The molecule has 0 rings (SSSR count). The molecule has 1 N–H and O–H groups in total. The summed E-state index contributed by atoms with van der Waals surface area (Å²) >= 11 is 0. The van der Waals surface area contributed by atoms with Gasteiger partial charge in [0, 0.05) is 12.8 Å². The minimum absolute atomic E-state index is 0.0793. The number of rotatable bonds is 59. The van der Waals surface area contributed by atoms with Gasteiger partial charge >= 0.3 is 11.9 Å². The minimum atomic E-state index is -0.792. The molecular formula is C71H122O5. The van der Waals surface area contributed by atoms with E-state index in [1.165, 1.54) is 180 Å². The summed E-state index contributed by atoms with van der Waals surface area (Å²) in [5.41, 5.74) is 0. The van der Waals surface area contributed by atoms with Crippen LogP contribution in [0.3, 0.4) is 0 Å². The van der Waals surface area contributed by atoms with E-state index < -0.39 is 6.10 Å². The zero-order chi connectivity index (χ0) is 54.8. The van der Waals surface area contributed by atoms with E-state index in [1.54, 1.807) is 0 Å². The lowest BCUT2D eigenvalue weighted by Crippen LogP contribution is -2.28. The molecule has 436 valence electrons. The average molecular weight is 1060 g/mol. The maximum atomic E-state index is 12.3. The van der Waals surface area contributed by atoms with Crippen molar-refractivity contribution in [3.8, 4) is 0 Å². The third-order valence-electron chi connectivity index (χ3n) is 14.1. The van der Waals surface area contributed by atoms with Crippen molar-refractivity contribution in [2.45, 2.75) is 315 Å². The Morgan fingerprint density at radius 1 is 0.316 bits per heavy atom. The fourth-order valence-electron chi connectivity index (χ4n) is 9.22. The van der Waals surface area contributed by atoms with Gasteiger partial charge in [-0.3, -0.25) is 9.59 Å². The van der Waals surface area contributed by atoms with Crippen LogP contribution in [0.5, 0.6) is 0 Å². The van der Waals surface area contributed by atoms with Gasteiger partial charge in [-0.25, -0.2) is 0 Å². The number of hydrogen-bond acceptors (Lipinski definition) is 5. The summed E-state index contributed by atoms with van der Waals surface area (Å²) in [6, 6.07) is 0. The fourth-order valence-corrected chi connectivity index (χ4v) is 9.22. The second-order valence-corrected chi connectivity index (χ2v) is 21.5. The van der Waals surface area contributed by atoms with Crippen molar-refractivity contribution in [2.24, 2.45) is 0 Å². The molecule has 0 aromatic heterocycles. The largest absolute Gasteiger partial charge is 0.462 e. The van der Waals surface area contributed by atoms with Crippen LogP contribution in [-0.4, -0.2) is 36.4 Å². The first-order valence-corrected chi connectivity index (χ1v) is 32.4. The Bertz CT molecular complexity index is 1470. The first-order chi connectivity index (χ1) is 37.6. The number of carbonyl (C=O) groups excluding carboxylic acids is 2. The van der Waals surface area contributed by atoms with E-state index in [1.807, 2.05) is 0 Å². The van der Waals surface area contributed by atoms with Gasteiger partial charge < -0.3 is 14.6 Å². The van der Waals surface area contributed by atoms with Crippen molar-refractivity contribution in [3.05, 3.63) is 109 Å². The number of aliphatic hydroxyl groups excluding tert-OH is 1. The average Bonchev–Trinajstić information content (AvgIpc) is 3.42. The number of esters is 2. The number of hydrogen-bond donors (Lipinski definition) is 1. The second-order valence-electron chi connectivity index (χ2n) is 21.5. The molecule has 0 aliphatic rings. The maximum absolute atomic E-state index is 12.3. The van der Waals surface area contributed by atoms with Crippen molar-refractivity contribution in [3.63, 3.8) is 0 Å². The van der Waals surface area contributed by atoms with Crippen LogP contribution in [0, 0.1) is 0 Å². The quantitative estimate of drug-likeness (QED) is 0.0373. The molecule has 0 bridgehead atoms. The molecule has 0 saturated carbocycles. The molecule has 0 radical (unpaired) electrons. The first-order valence-electron chi connectivity index (χ1n) is 32.4. The first kappa shape index (κ1) is 72.6. The van der Waals surface area contributed by atoms with Gasteiger partial charge in [-0.15, -0.1) is 0 Å². The van der Waals surface area contributed by atoms with Crippen molar-refractivity contribution in [1.82, 2.24) is 0 Å². The summed E-state index contributed by atoms with van der Waals surface area (Å²) < 4.78 is 10.7. The summed E-state index contributed by atoms with van der Waals surface area (Å²) in [7, 11) is 0. The van der Waals surface area contributed by atoms with Gasteiger partial charge in [0.1, 0.15) is 6.61 Å². The van der Waals surface area contributed by atoms with Gasteiger partial charge in [-0.1, -0.05) is 303 Å². The van der Waals surface area contributed by atoms with E-state index in [0.29, 0.717) is 12.8 Å². The van der Waals surface area contributed by atoms with Crippen molar-refractivity contribution >= 4 is 11.9 Å². The molecule has 0 aliphatic carbocycles. The molecule has 0 saturated heterocycles. The Morgan fingerprint density at radius 2 is 0.566 bits per heavy atom. The summed E-state index contributed by atoms with van der Waals surface area (Å²) in [4.78, 5) is 24.6. The fraction of sp³-hybridized carbons (Fsp3) is 0.718. The van der Waals surface area contributed by atoms with Gasteiger partial charge in [-0.2, -0.15) is 0 Å². The van der Waals surface area contributed by atoms with Gasteiger partial charge in [0.15, 0.2) is 6.10 Å². The lowest BCUT2D eigenvalue weighted by molar-refractivity contribution is -0.161. The third kappa shape index (κ3) is 63.1. The van der Waals surface area contributed by atoms with E-state index in [-0.39, 0.29) is 25.2 Å². The predicted octanol–water partition coefficient (Wildman–Crippen LogP) is 22.4. The van der Waals surface area contributed by atoms with Crippen molar-refractivity contribution in [2.75, 3.05) is 13.2 Å². The third-order valence-corrected chi connectivity index (χ3v) is 14.1. The predicted molar refractivity (Wildman–Crippen MR) is 334 cm³/mol. The Hall–Kier alpha value is -3.44. The standard InChI is InChI=1S/C71H122O5/c1-3-5-7-9-11-13-15-17-19-21-23-25-27-28-29-30-31-32-33-34-35-36-37-38-39-40-41-42-44-45-47-49-51-53-55-57-59-61-63-65-70(73)75-68-69(67-72)76-71(74)66-64-62-60-58-56-54-52-50-48-46-43-26-24-22-20-18-16-14-12-10-8-6-4-2/h6,8,12,14-15,17-18,20-21,23-24,26-28,46,48,52,54,69,72H,3-5,7,9-11,13,16,19,22,25,29-45,47,49-51,53,55-68H2,1-2H3/b8-6-,14-12-,17-15-,20-18-,23-21-,26-24-,28-27-,48-46-,54-52-. The Balaban J connectivity index is 3.46. The highest BCUT2D eigenvalue weighted by atomic mass is 16.6. The zero-order valence-electron chi connectivity index (χ0n) is 50.0. The molecule has 5 heteroatoms. The topological polar surface area (TPSA) is 72.8 Å². The van der Waals surface area contributed by atoms with E-state index >= 15 is 0 Å². The number of aliphatic hydroxyl groups is 1.